The van der Waals surface area contributed by atoms with Crippen molar-refractivity contribution in [3.63, 3.8) is 0 Å². The van der Waals surface area contributed by atoms with Crippen LogP contribution in [-0.4, -0.2) is 51.2 Å². The lowest BCUT2D eigenvalue weighted by atomic mass is 9.96. The van der Waals surface area contributed by atoms with Gasteiger partial charge >= 0.3 is 0 Å². The molecule has 9 heteroatoms. The summed E-state index contributed by atoms with van der Waals surface area (Å²) < 4.78 is 18.4. The fourth-order valence-electron chi connectivity index (χ4n) is 3.39. The molecule has 2 N–H and O–H groups in total. The molecule has 0 radical (unpaired) electrons. The van der Waals surface area contributed by atoms with E-state index >= 15 is 0 Å². The first-order valence-electron chi connectivity index (χ1n) is 7.84. The van der Waals surface area contributed by atoms with Crippen LogP contribution in [0.15, 0.2) is 16.9 Å². The molecule has 2 aliphatic rings. The third-order valence-electron chi connectivity index (χ3n) is 4.70. The summed E-state index contributed by atoms with van der Waals surface area (Å²) >= 11 is 5.95. The zero-order chi connectivity index (χ0) is 16.8. The van der Waals surface area contributed by atoms with Crippen LogP contribution < -0.4 is 5.32 Å². The van der Waals surface area contributed by atoms with Crippen LogP contribution in [0, 0.1) is 13.8 Å². The minimum absolute atomic E-state index is 0.215. The smallest absolute Gasteiger partial charge is 0.183 e. The van der Waals surface area contributed by atoms with Crippen LogP contribution in [0.3, 0.4) is 0 Å². The van der Waals surface area contributed by atoms with Crippen LogP contribution in [0.5, 0.6) is 0 Å². The van der Waals surface area contributed by atoms with Crippen molar-refractivity contribution in [3.05, 3.63) is 34.4 Å². The maximum absolute atomic E-state index is 10.9. The van der Waals surface area contributed by atoms with Gasteiger partial charge in [-0.1, -0.05) is 16.8 Å². The predicted molar refractivity (Wildman–Crippen MR) is 83.5 cm³/mol. The molecule has 8 nitrogen and oxygen atoms in total. The van der Waals surface area contributed by atoms with Gasteiger partial charge in [0.15, 0.2) is 6.29 Å². The van der Waals surface area contributed by atoms with E-state index in [9.17, 15) is 5.11 Å². The van der Waals surface area contributed by atoms with Crippen LogP contribution in [0.4, 0.5) is 0 Å². The van der Waals surface area contributed by atoms with Gasteiger partial charge in [-0.15, -0.1) is 0 Å². The highest BCUT2D eigenvalue weighted by molar-refractivity contribution is 6.30. The van der Waals surface area contributed by atoms with Crippen LogP contribution in [-0.2, 0) is 16.0 Å². The molecule has 0 aliphatic carbocycles. The van der Waals surface area contributed by atoms with Gasteiger partial charge < -0.3 is 24.4 Å². The molecule has 0 saturated carbocycles. The molecule has 24 heavy (non-hydrogen) atoms. The van der Waals surface area contributed by atoms with Crippen molar-refractivity contribution in [1.82, 2.24) is 20.3 Å². The molecule has 2 aromatic rings. The molecule has 0 amide bonds. The average molecular weight is 355 g/mol. The van der Waals surface area contributed by atoms with Gasteiger partial charge in [0.25, 0.3) is 0 Å². The highest BCUT2D eigenvalue weighted by Gasteiger charge is 2.51. The standard InChI is InChI=1S/C15H19ClN4O4/c1-7-10(8(2)24-19-7)4-17-12-11-6-22-15(23-11)13(14(12)21)20-5-9(16)3-18-20/h3,5,11-15,17,21H,4,6H2,1-2H3. The normalized spacial score (nSPS) is 32.4. The first-order valence-corrected chi connectivity index (χ1v) is 8.22. The van der Waals surface area contributed by atoms with Gasteiger partial charge in [-0.3, -0.25) is 4.68 Å². The molecule has 2 saturated heterocycles. The molecule has 0 aromatic carbocycles. The van der Waals surface area contributed by atoms with Gasteiger partial charge in [-0.25, -0.2) is 0 Å². The summed E-state index contributed by atoms with van der Waals surface area (Å²) in [4.78, 5) is 0. The van der Waals surface area contributed by atoms with E-state index in [2.05, 4.69) is 15.6 Å². The van der Waals surface area contributed by atoms with Gasteiger partial charge in [0.1, 0.15) is 17.9 Å². The van der Waals surface area contributed by atoms with Crippen molar-refractivity contribution < 1.29 is 19.1 Å². The zero-order valence-corrected chi connectivity index (χ0v) is 14.1. The first-order chi connectivity index (χ1) is 11.5. The monoisotopic (exact) mass is 354 g/mol. The van der Waals surface area contributed by atoms with E-state index in [1.54, 1.807) is 10.9 Å². The molecule has 0 spiro atoms. The van der Waals surface area contributed by atoms with E-state index in [-0.39, 0.29) is 12.1 Å². The highest BCUT2D eigenvalue weighted by atomic mass is 35.5. The summed E-state index contributed by atoms with van der Waals surface area (Å²) in [6.07, 6.45) is 1.71. The number of aliphatic hydroxyl groups excluding tert-OH is 1. The molecule has 5 atom stereocenters. The number of ether oxygens (including phenoxy) is 2. The Balaban J connectivity index is 1.54. The number of aliphatic hydroxyl groups is 1. The van der Waals surface area contributed by atoms with Crippen molar-refractivity contribution in [2.75, 3.05) is 6.61 Å². The number of rotatable bonds is 4. The third-order valence-corrected chi connectivity index (χ3v) is 4.90. The SMILES string of the molecule is Cc1noc(C)c1CNC1C2COC(O2)C(n2cc(Cl)cn2)C1O. The van der Waals surface area contributed by atoms with E-state index in [1.165, 1.54) is 6.20 Å². The zero-order valence-electron chi connectivity index (χ0n) is 13.3. The number of nitrogens with one attached hydrogen (secondary N) is 1. The second kappa shape index (κ2) is 6.12. The second-order valence-electron chi connectivity index (χ2n) is 6.21. The molecule has 130 valence electrons. The number of nitrogens with zero attached hydrogens (tertiary/aromatic N) is 3. The van der Waals surface area contributed by atoms with Gasteiger partial charge in [0.05, 0.1) is 35.7 Å². The first kappa shape index (κ1) is 16.0. The van der Waals surface area contributed by atoms with Crippen molar-refractivity contribution in [3.8, 4) is 0 Å². The Hall–Kier alpha value is -1.45. The van der Waals surface area contributed by atoms with Gasteiger partial charge in [-0.05, 0) is 13.8 Å². The summed E-state index contributed by atoms with van der Waals surface area (Å²) in [6, 6.07) is -0.760. The molecule has 5 unspecified atom stereocenters. The molecular formula is C15H19ClN4O4. The Morgan fingerprint density at radius 3 is 2.96 bits per heavy atom. The molecule has 2 aromatic heterocycles. The summed E-state index contributed by atoms with van der Waals surface area (Å²) in [5, 5.41) is 22.9. The molecule has 2 aliphatic heterocycles. The quantitative estimate of drug-likeness (QED) is 0.844. The molecular weight excluding hydrogens is 336 g/mol. The molecule has 2 fully saturated rings. The van der Waals surface area contributed by atoms with Crippen LogP contribution >= 0.6 is 11.6 Å². The molecule has 4 rings (SSSR count). The van der Waals surface area contributed by atoms with Gasteiger partial charge in [0, 0.05) is 18.3 Å². The van der Waals surface area contributed by atoms with Crippen molar-refractivity contribution in [2.24, 2.45) is 0 Å². The van der Waals surface area contributed by atoms with Crippen LogP contribution in [0.2, 0.25) is 5.02 Å². The largest absolute Gasteiger partial charge is 0.389 e. The van der Waals surface area contributed by atoms with E-state index in [0.29, 0.717) is 18.2 Å². The molecule has 4 heterocycles. The van der Waals surface area contributed by atoms with E-state index < -0.39 is 18.4 Å². The lowest BCUT2D eigenvalue weighted by molar-refractivity contribution is -0.168. The number of aromatic nitrogens is 3. The summed E-state index contributed by atoms with van der Waals surface area (Å²) in [6.45, 7) is 4.71. The fourth-order valence-corrected chi connectivity index (χ4v) is 3.53. The molecule has 2 bridgehead atoms. The Labute approximate surface area is 143 Å². The van der Waals surface area contributed by atoms with E-state index in [1.807, 2.05) is 13.8 Å². The minimum atomic E-state index is -0.729. The van der Waals surface area contributed by atoms with Gasteiger partial charge in [0.2, 0.25) is 0 Å². The van der Waals surface area contributed by atoms with Crippen molar-refractivity contribution in [2.45, 2.75) is 51.0 Å². The number of aryl methyl sites for hydroxylation is 2. The number of fused-ring (bicyclic) bond motifs is 2. The minimum Gasteiger partial charge on any atom is -0.389 e. The summed E-state index contributed by atoms with van der Waals surface area (Å²) in [5.41, 5.74) is 1.82. The summed E-state index contributed by atoms with van der Waals surface area (Å²) in [7, 11) is 0. The topological polar surface area (TPSA) is 94.6 Å². The van der Waals surface area contributed by atoms with Crippen molar-refractivity contribution >= 4 is 11.6 Å². The number of hydrogen-bond acceptors (Lipinski definition) is 7. The number of halogens is 1. The number of hydrogen-bond donors (Lipinski definition) is 2. The summed E-state index contributed by atoms with van der Waals surface area (Å²) in [5.74, 6) is 0.766. The Bertz CT molecular complexity index is 713. The van der Waals surface area contributed by atoms with E-state index in [4.69, 9.17) is 25.6 Å². The highest BCUT2D eigenvalue weighted by Crippen LogP contribution is 2.36. The maximum atomic E-state index is 10.9. The average Bonchev–Trinajstić information content (AvgIpc) is 3.23. The second-order valence-corrected chi connectivity index (χ2v) is 6.64. The van der Waals surface area contributed by atoms with E-state index in [0.717, 1.165) is 17.0 Å². The Kier molecular flexibility index (Phi) is 4.09. The van der Waals surface area contributed by atoms with Crippen LogP contribution in [0.25, 0.3) is 0 Å². The Morgan fingerprint density at radius 2 is 2.29 bits per heavy atom. The maximum Gasteiger partial charge on any atom is 0.183 e. The third kappa shape index (κ3) is 2.64. The fraction of sp³-hybridized carbons (Fsp3) is 0.600. The van der Waals surface area contributed by atoms with Crippen molar-refractivity contribution in [1.29, 1.82) is 0 Å². The lowest BCUT2D eigenvalue weighted by Crippen LogP contribution is -2.57. The van der Waals surface area contributed by atoms with Crippen LogP contribution in [0.1, 0.15) is 23.1 Å². The van der Waals surface area contributed by atoms with Gasteiger partial charge in [-0.2, -0.15) is 5.10 Å². The predicted octanol–water partition coefficient (Wildman–Crippen LogP) is 0.957. The lowest BCUT2D eigenvalue weighted by Gasteiger charge is -2.38. The Morgan fingerprint density at radius 1 is 1.46 bits per heavy atom.